The summed E-state index contributed by atoms with van der Waals surface area (Å²) in [7, 11) is 0. The molecule has 2 aliphatic carbocycles. The first-order valence-electron chi connectivity index (χ1n) is 9.91. The van der Waals surface area contributed by atoms with Crippen molar-refractivity contribution in [3.63, 3.8) is 0 Å². The molecule has 0 amide bonds. The van der Waals surface area contributed by atoms with E-state index in [1.807, 2.05) is 6.07 Å². The number of rotatable bonds is 2. The van der Waals surface area contributed by atoms with Gasteiger partial charge in [-0.3, -0.25) is 4.79 Å². The van der Waals surface area contributed by atoms with Gasteiger partial charge >= 0.3 is 0 Å². The standard InChI is InChI=1S/C19H22FNO/c20-19-11-16(5-6-17(19)12-21)15-3-1-13(2-4-15)14-7-9-18(22)10-8-14/h5-6,11,13-15H,1-4,7-10H2/i7D2,9D2. The van der Waals surface area contributed by atoms with Gasteiger partial charge in [-0.05, 0) is 73.9 Å². The zero-order valence-electron chi connectivity index (χ0n) is 16.4. The predicted octanol–water partition coefficient (Wildman–Crippen LogP) is 4.73. The van der Waals surface area contributed by atoms with Gasteiger partial charge in [0.05, 0.1) is 5.56 Å². The Morgan fingerprint density at radius 2 is 1.95 bits per heavy atom. The van der Waals surface area contributed by atoms with Gasteiger partial charge in [0, 0.05) is 18.3 Å². The van der Waals surface area contributed by atoms with Crippen LogP contribution in [0.25, 0.3) is 0 Å². The molecule has 1 unspecified atom stereocenters. The largest absolute Gasteiger partial charge is 0.300 e. The van der Waals surface area contributed by atoms with Crippen molar-refractivity contribution >= 4 is 5.78 Å². The van der Waals surface area contributed by atoms with Gasteiger partial charge in [-0.1, -0.05) is 6.07 Å². The zero-order chi connectivity index (χ0) is 19.1. The minimum atomic E-state index is -2.43. The fourth-order valence-electron chi connectivity index (χ4n) is 3.68. The van der Waals surface area contributed by atoms with Crippen molar-refractivity contribution in [1.29, 1.82) is 5.26 Å². The summed E-state index contributed by atoms with van der Waals surface area (Å²) < 4.78 is 46.1. The van der Waals surface area contributed by atoms with E-state index in [9.17, 15) is 9.18 Å². The molecule has 116 valence electrons. The molecule has 0 bridgehead atoms. The maximum absolute atomic E-state index is 13.9. The van der Waals surface area contributed by atoms with Gasteiger partial charge in [0.25, 0.3) is 0 Å². The molecule has 1 atom stereocenters. The van der Waals surface area contributed by atoms with Crippen LogP contribution in [0.2, 0.25) is 0 Å². The molecule has 0 heterocycles. The first-order valence-corrected chi connectivity index (χ1v) is 7.91. The van der Waals surface area contributed by atoms with Crippen LogP contribution < -0.4 is 0 Å². The maximum atomic E-state index is 13.9. The molecule has 3 heteroatoms. The van der Waals surface area contributed by atoms with E-state index in [0.29, 0.717) is 6.42 Å². The molecule has 22 heavy (non-hydrogen) atoms. The molecule has 0 saturated heterocycles. The van der Waals surface area contributed by atoms with Crippen molar-refractivity contribution in [1.82, 2.24) is 0 Å². The highest BCUT2D eigenvalue weighted by Crippen LogP contribution is 2.42. The summed E-state index contributed by atoms with van der Waals surface area (Å²) in [5, 5.41) is 8.83. The molecule has 0 radical (unpaired) electrons. The quantitative estimate of drug-likeness (QED) is 0.792. The fraction of sp³-hybridized carbons (Fsp3) is 0.579. The minimum Gasteiger partial charge on any atom is -0.300 e. The van der Waals surface area contributed by atoms with E-state index in [2.05, 4.69) is 0 Å². The Hall–Kier alpha value is -1.69. The van der Waals surface area contributed by atoms with E-state index >= 15 is 0 Å². The van der Waals surface area contributed by atoms with E-state index in [0.717, 1.165) is 31.2 Å². The van der Waals surface area contributed by atoms with Crippen LogP contribution in [0.15, 0.2) is 18.2 Å². The smallest absolute Gasteiger partial charge is 0.141 e. The van der Waals surface area contributed by atoms with Gasteiger partial charge in [0.1, 0.15) is 17.7 Å². The number of carbonyl (C=O) groups excluding carboxylic acids is 1. The molecule has 0 aromatic heterocycles. The first-order chi connectivity index (χ1) is 12.2. The lowest BCUT2D eigenvalue weighted by molar-refractivity contribution is -0.121. The van der Waals surface area contributed by atoms with Crippen molar-refractivity contribution in [2.24, 2.45) is 11.8 Å². The summed E-state index contributed by atoms with van der Waals surface area (Å²) in [6.07, 6.45) is -1.06. The predicted molar refractivity (Wildman–Crippen MR) is 82.8 cm³/mol. The first kappa shape index (κ1) is 10.9. The monoisotopic (exact) mass is 303 g/mol. The molecule has 1 aromatic carbocycles. The third-order valence-corrected chi connectivity index (χ3v) is 5.01. The molecule has 2 fully saturated rings. The van der Waals surface area contributed by atoms with Crippen molar-refractivity contribution in [2.45, 2.75) is 57.2 Å². The summed E-state index contributed by atoms with van der Waals surface area (Å²) in [5.41, 5.74) is 0.891. The normalized spacial score (nSPS) is 36.4. The second-order valence-corrected chi connectivity index (χ2v) is 6.30. The average Bonchev–Trinajstić information content (AvgIpc) is 2.60. The number of hydrogen-bond acceptors (Lipinski definition) is 2. The van der Waals surface area contributed by atoms with E-state index in [1.165, 1.54) is 12.1 Å². The SMILES string of the molecule is [2H]C1([2H])C(=O)CCC(C2CCC(c3ccc(C#N)c(F)c3)CC2)C1([2H])[2H]. The van der Waals surface area contributed by atoms with Crippen molar-refractivity contribution in [3.8, 4) is 6.07 Å². The lowest BCUT2D eigenvalue weighted by Crippen LogP contribution is -2.25. The third kappa shape index (κ3) is 3.21. The maximum Gasteiger partial charge on any atom is 0.141 e. The van der Waals surface area contributed by atoms with Crippen molar-refractivity contribution < 1.29 is 14.7 Å². The van der Waals surface area contributed by atoms with E-state index in [-0.39, 0.29) is 23.8 Å². The number of hydrogen-bond donors (Lipinski definition) is 0. The Bertz CT molecular complexity index is 750. The number of halogens is 1. The van der Waals surface area contributed by atoms with Gasteiger partial charge in [-0.15, -0.1) is 0 Å². The molecular weight excluding hydrogens is 277 g/mol. The average molecular weight is 303 g/mol. The molecule has 1 aromatic rings. The van der Waals surface area contributed by atoms with Gasteiger partial charge in [-0.25, -0.2) is 4.39 Å². The Morgan fingerprint density at radius 3 is 2.64 bits per heavy atom. The summed E-state index contributed by atoms with van der Waals surface area (Å²) in [6.45, 7) is 0. The van der Waals surface area contributed by atoms with Crippen LogP contribution in [-0.2, 0) is 4.79 Å². The Balaban J connectivity index is 1.70. The summed E-state index contributed by atoms with van der Waals surface area (Å²) >= 11 is 0. The van der Waals surface area contributed by atoms with Gasteiger partial charge in [-0.2, -0.15) is 5.26 Å². The highest BCUT2D eigenvalue weighted by atomic mass is 19.1. The lowest BCUT2D eigenvalue weighted by Gasteiger charge is -2.35. The highest BCUT2D eigenvalue weighted by Gasteiger charge is 2.30. The van der Waals surface area contributed by atoms with Crippen LogP contribution in [0.4, 0.5) is 4.39 Å². The second-order valence-electron chi connectivity index (χ2n) is 6.30. The van der Waals surface area contributed by atoms with E-state index < -0.39 is 30.3 Å². The molecule has 0 aliphatic heterocycles. The molecular formula is C19H22FNO. The van der Waals surface area contributed by atoms with Gasteiger partial charge in [0.2, 0.25) is 0 Å². The van der Waals surface area contributed by atoms with Crippen molar-refractivity contribution in [3.05, 3.63) is 35.1 Å². The fourth-order valence-corrected chi connectivity index (χ4v) is 3.68. The Labute approximate surface area is 137 Å². The van der Waals surface area contributed by atoms with Crippen LogP contribution in [0, 0.1) is 29.0 Å². The third-order valence-electron chi connectivity index (χ3n) is 5.01. The van der Waals surface area contributed by atoms with E-state index in [4.69, 9.17) is 10.7 Å². The van der Waals surface area contributed by atoms with Crippen molar-refractivity contribution in [2.75, 3.05) is 0 Å². The van der Waals surface area contributed by atoms with Gasteiger partial charge < -0.3 is 0 Å². The van der Waals surface area contributed by atoms with Gasteiger partial charge in [0.15, 0.2) is 0 Å². The molecule has 2 nitrogen and oxygen atoms in total. The molecule has 2 saturated carbocycles. The second kappa shape index (κ2) is 6.60. The molecule has 3 rings (SSSR count). The zero-order valence-corrected chi connectivity index (χ0v) is 12.4. The summed E-state index contributed by atoms with van der Waals surface area (Å²) in [4.78, 5) is 11.8. The molecule has 2 aliphatic rings. The molecule has 0 N–H and O–H groups in total. The number of ketones is 1. The molecule has 0 spiro atoms. The topological polar surface area (TPSA) is 40.9 Å². The number of benzene rings is 1. The summed E-state index contributed by atoms with van der Waals surface area (Å²) in [6, 6.07) is 6.51. The minimum absolute atomic E-state index is 0.0322. The van der Waals surface area contributed by atoms with Crippen LogP contribution in [0.1, 0.15) is 73.8 Å². The summed E-state index contributed by atoms with van der Waals surface area (Å²) in [5.74, 6) is -1.41. The van der Waals surface area contributed by atoms with Crippen LogP contribution in [-0.4, -0.2) is 5.78 Å². The number of carbonyl (C=O) groups is 1. The number of nitriles is 1. The van der Waals surface area contributed by atoms with Crippen LogP contribution in [0.5, 0.6) is 0 Å². The highest BCUT2D eigenvalue weighted by molar-refractivity contribution is 5.79. The van der Waals surface area contributed by atoms with Crippen LogP contribution in [0.3, 0.4) is 0 Å². The Morgan fingerprint density at radius 1 is 1.18 bits per heavy atom. The van der Waals surface area contributed by atoms with E-state index in [1.54, 1.807) is 6.07 Å². The van der Waals surface area contributed by atoms with Crippen LogP contribution >= 0.6 is 0 Å². The lowest BCUT2D eigenvalue weighted by atomic mass is 9.70. The Kier molecular flexibility index (Phi) is 3.28. The number of Topliss-reactive ketones (excluding diaryl/α,β-unsaturated/α-hetero) is 1. The number of nitrogens with zero attached hydrogens (tertiary/aromatic N) is 1.